The van der Waals surface area contributed by atoms with Crippen LogP contribution in [0.5, 0.6) is 0 Å². The van der Waals surface area contributed by atoms with E-state index in [0.29, 0.717) is 34.4 Å². The monoisotopic (exact) mass is 609 g/mol. The summed E-state index contributed by atoms with van der Waals surface area (Å²) in [5.41, 5.74) is -2.74. The van der Waals surface area contributed by atoms with Crippen LogP contribution in [0.4, 0.5) is 17.6 Å². The van der Waals surface area contributed by atoms with Gasteiger partial charge in [-0.1, -0.05) is 76.7 Å². The minimum atomic E-state index is -4.94. The zero-order valence-electron chi connectivity index (χ0n) is 21.6. The van der Waals surface area contributed by atoms with Crippen LogP contribution in [-0.2, 0) is 15.3 Å². The van der Waals surface area contributed by atoms with E-state index in [2.05, 4.69) is 15.6 Å². The third-order valence-electron chi connectivity index (χ3n) is 7.40. The summed E-state index contributed by atoms with van der Waals surface area (Å²) in [6.45, 7) is 0.692. The Hall–Kier alpha value is -3.37. The van der Waals surface area contributed by atoms with Gasteiger partial charge in [0.1, 0.15) is 6.61 Å². The molecule has 0 radical (unpaired) electrons. The van der Waals surface area contributed by atoms with Gasteiger partial charge in [-0.2, -0.15) is 13.2 Å². The molecule has 1 unspecified atom stereocenters. The van der Waals surface area contributed by atoms with Crippen molar-refractivity contribution in [3.63, 3.8) is 0 Å². The molecule has 41 heavy (non-hydrogen) atoms. The minimum Gasteiger partial charge on any atom is -0.396 e. The second-order valence-electron chi connectivity index (χ2n) is 10.0. The summed E-state index contributed by atoms with van der Waals surface area (Å²) in [6, 6.07) is 11.5. The summed E-state index contributed by atoms with van der Waals surface area (Å²) in [5, 5.41) is 10.3. The maximum absolute atomic E-state index is 14.5. The van der Waals surface area contributed by atoms with Gasteiger partial charge in [-0.25, -0.2) is 4.39 Å². The maximum atomic E-state index is 14.5. The van der Waals surface area contributed by atoms with Crippen molar-refractivity contribution in [2.75, 3.05) is 13.2 Å². The quantitative estimate of drug-likeness (QED) is 0.123. The second-order valence-corrected chi connectivity index (χ2v) is 10.8. The van der Waals surface area contributed by atoms with Gasteiger partial charge in [0, 0.05) is 23.1 Å². The van der Waals surface area contributed by atoms with Crippen LogP contribution in [-0.4, -0.2) is 37.2 Å². The number of alkyl halides is 3. The van der Waals surface area contributed by atoms with E-state index in [-0.39, 0.29) is 18.2 Å². The van der Waals surface area contributed by atoms with Crippen LogP contribution in [0.3, 0.4) is 0 Å². The van der Waals surface area contributed by atoms with Gasteiger partial charge < -0.3 is 15.0 Å². The predicted octanol–water partition coefficient (Wildman–Crippen LogP) is 7.79. The zero-order valence-corrected chi connectivity index (χ0v) is 23.1. The highest BCUT2D eigenvalue weighted by Gasteiger charge is 2.62. The normalized spacial score (nSPS) is 19.5. The van der Waals surface area contributed by atoms with Crippen molar-refractivity contribution >= 4 is 51.8 Å². The van der Waals surface area contributed by atoms with Crippen molar-refractivity contribution in [3.05, 3.63) is 81.1 Å². The van der Waals surface area contributed by atoms with Crippen LogP contribution in [0.15, 0.2) is 58.8 Å². The van der Waals surface area contributed by atoms with Gasteiger partial charge in [0.25, 0.3) is 11.5 Å². The molecular formula is C29H25Cl2F4N3O3. The standard InChI is InChI=1S/C29H25Cl2F4N3O3/c30-23-13-18(14-24(31)26(23)32)28(29(33,34)35)15-25(38-41-28)21-9-10-22(20-8-4-3-7-19(20)21)27(39)36-11-12-37-40-16-17-5-1-2-6-17/h3-4,7-10,12-14,17H,1-2,5-6,11,15-16H2,(H,36,39)/b37-12-. The summed E-state index contributed by atoms with van der Waals surface area (Å²) in [6.07, 6.45) is 0.505. The first kappa shape index (κ1) is 29.1. The topological polar surface area (TPSA) is 72.3 Å². The molecule has 3 aromatic rings. The number of amides is 1. The average molecular weight is 610 g/mol. The van der Waals surface area contributed by atoms with E-state index >= 15 is 0 Å². The summed E-state index contributed by atoms with van der Waals surface area (Å²) in [7, 11) is 0. The van der Waals surface area contributed by atoms with Crippen LogP contribution in [0.25, 0.3) is 10.8 Å². The van der Waals surface area contributed by atoms with Gasteiger partial charge in [-0.05, 0) is 47.7 Å². The van der Waals surface area contributed by atoms with Crippen molar-refractivity contribution in [2.45, 2.75) is 43.9 Å². The van der Waals surface area contributed by atoms with Gasteiger partial charge in [-0.3, -0.25) is 4.79 Å². The van der Waals surface area contributed by atoms with Gasteiger partial charge in [0.15, 0.2) is 5.82 Å². The molecule has 1 amide bonds. The smallest absolute Gasteiger partial charge is 0.396 e. The van der Waals surface area contributed by atoms with Crippen molar-refractivity contribution < 1.29 is 32.0 Å². The SMILES string of the molecule is O=C(NC/C=N\OCC1CCCC1)c1ccc(C2=NOC(c3cc(Cl)c(F)c(Cl)c3)(C(F)(F)F)C2)c2ccccc12. The fraction of sp³-hybridized carbons (Fsp3) is 0.345. The van der Waals surface area contributed by atoms with E-state index in [9.17, 15) is 22.4 Å². The van der Waals surface area contributed by atoms with Crippen LogP contribution < -0.4 is 5.32 Å². The predicted molar refractivity (Wildman–Crippen MR) is 149 cm³/mol. The number of halogens is 6. The Morgan fingerprint density at radius 1 is 1.12 bits per heavy atom. The van der Waals surface area contributed by atoms with Crippen LogP contribution >= 0.6 is 23.2 Å². The van der Waals surface area contributed by atoms with E-state index in [1.165, 1.54) is 31.2 Å². The lowest BCUT2D eigenvalue weighted by molar-refractivity contribution is -0.275. The molecular weight excluding hydrogens is 585 g/mol. The lowest BCUT2D eigenvalue weighted by atomic mass is 9.85. The Balaban J connectivity index is 1.36. The third-order valence-corrected chi connectivity index (χ3v) is 7.95. The van der Waals surface area contributed by atoms with E-state index < -0.39 is 39.6 Å². The van der Waals surface area contributed by atoms with E-state index in [0.717, 1.165) is 25.0 Å². The van der Waals surface area contributed by atoms with Crippen LogP contribution in [0, 0.1) is 11.7 Å². The minimum absolute atomic E-state index is 0.00593. The van der Waals surface area contributed by atoms with Crippen LogP contribution in [0.1, 0.15) is 53.6 Å². The number of carbonyl (C=O) groups excluding carboxylic acids is 1. The number of hydrogen-bond donors (Lipinski definition) is 1. The Morgan fingerprint density at radius 2 is 1.80 bits per heavy atom. The molecule has 12 heteroatoms. The molecule has 216 valence electrons. The first-order valence-corrected chi connectivity index (χ1v) is 13.8. The Kier molecular flexibility index (Phi) is 8.42. The summed E-state index contributed by atoms with van der Waals surface area (Å²) < 4.78 is 57.4. The number of hydrogen-bond acceptors (Lipinski definition) is 5. The first-order valence-electron chi connectivity index (χ1n) is 13.0. The van der Waals surface area contributed by atoms with E-state index in [4.69, 9.17) is 32.9 Å². The number of nitrogens with one attached hydrogen (secondary N) is 1. The Labute approximate surface area is 243 Å². The molecule has 1 N–H and O–H groups in total. The number of nitrogens with zero attached hydrogens (tertiary/aromatic N) is 2. The average Bonchev–Trinajstić information content (AvgIpc) is 3.64. The molecule has 1 fully saturated rings. The fourth-order valence-electron chi connectivity index (χ4n) is 5.23. The zero-order chi connectivity index (χ0) is 29.2. The summed E-state index contributed by atoms with van der Waals surface area (Å²) >= 11 is 11.6. The van der Waals surface area contributed by atoms with Gasteiger partial charge in [0.05, 0.1) is 28.5 Å². The highest BCUT2D eigenvalue weighted by Crippen LogP contribution is 2.50. The Bertz CT molecular complexity index is 1500. The van der Waals surface area contributed by atoms with Crippen molar-refractivity contribution in [1.82, 2.24) is 5.32 Å². The number of benzene rings is 3. The maximum Gasteiger partial charge on any atom is 0.435 e. The van der Waals surface area contributed by atoms with E-state index in [1.807, 2.05) is 0 Å². The van der Waals surface area contributed by atoms with Crippen molar-refractivity contribution in [1.29, 1.82) is 0 Å². The van der Waals surface area contributed by atoms with Crippen molar-refractivity contribution in [2.24, 2.45) is 16.2 Å². The Morgan fingerprint density at radius 3 is 2.49 bits per heavy atom. The highest BCUT2D eigenvalue weighted by molar-refractivity contribution is 6.35. The summed E-state index contributed by atoms with van der Waals surface area (Å²) in [4.78, 5) is 23.4. The van der Waals surface area contributed by atoms with Crippen LogP contribution in [0.2, 0.25) is 10.0 Å². The highest BCUT2D eigenvalue weighted by atomic mass is 35.5. The lowest BCUT2D eigenvalue weighted by Gasteiger charge is -2.29. The fourth-order valence-corrected chi connectivity index (χ4v) is 5.72. The molecule has 0 saturated heterocycles. The van der Waals surface area contributed by atoms with Gasteiger partial charge in [0.2, 0.25) is 0 Å². The molecule has 1 aliphatic carbocycles. The molecule has 1 saturated carbocycles. The second kappa shape index (κ2) is 11.9. The molecule has 1 heterocycles. The third kappa shape index (κ3) is 5.85. The molecule has 0 bridgehead atoms. The molecule has 3 aromatic carbocycles. The molecule has 0 aromatic heterocycles. The van der Waals surface area contributed by atoms with Crippen molar-refractivity contribution in [3.8, 4) is 0 Å². The van der Waals surface area contributed by atoms with Gasteiger partial charge in [-0.15, -0.1) is 0 Å². The number of oxime groups is 2. The largest absolute Gasteiger partial charge is 0.435 e. The number of carbonyl (C=O) groups is 1. The lowest BCUT2D eigenvalue weighted by Crippen LogP contribution is -2.42. The number of fused-ring (bicyclic) bond motifs is 1. The molecule has 6 nitrogen and oxygen atoms in total. The molecule has 0 spiro atoms. The summed E-state index contributed by atoms with van der Waals surface area (Å²) in [5.74, 6) is -0.898. The molecule has 2 aliphatic rings. The number of rotatable bonds is 8. The van der Waals surface area contributed by atoms with E-state index in [1.54, 1.807) is 24.3 Å². The van der Waals surface area contributed by atoms with Gasteiger partial charge >= 0.3 is 6.18 Å². The first-order chi connectivity index (χ1) is 19.6. The molecule has 1 aliphatic heterocycles. The molecule has 1 atom stereocenters. The molecule has 5 rings (SSSR count).